The lowest BCUT2D eigenvalue weighted by atomic mass is 9.75. The van der Waals surface area contributed by atoms with Gasteiger partial charge in [-0.15, -0.1) is 0 Å². The Morgan fingerprint density at radius 1 is 1.20 bits per heavy atom. The summed E-state index contributed by atoms with van der Waals surface area (Å²) in [6.45, 7) is 0.638. The molecule has 2 rings (SSSR count). The summed E-state index contributed by atoms with van der Waals surface area (Å²) in [5.74, 6) is -0.706. The summed E-state index contributed by atoms with van der Waals surface area (Å²) in [5.41, 5.74) is 0.508. The Hall–Kier alpha value is -1.23. The van der Waals surface area contributed by atoms with Gasteiger partial charge < -0.3 is 15.5 Å². The number of benzene rings is 1. The van der Waals surface area contributed by atoms with E-state index in [1.165, 1.54) is 37.5 Å². The van der Waals surface area contributed by atoms with Crippen molar-refractivity contribution in [2.24, 2.45) is 5.41 Å². The Morgan fingerprint density at radius 2 is 1.90 bits per heavy atom. The van der Waals surface area contributed by atoms with Crippen LogP contribution in [0.1, 0.15) is 42.5 Å². The van der Waals surface area contributed by atoms with Crippen molar-refractivity contribution in [2.45, 2.75) is 32.1 Å². The number of halogens is 1. The fourth-order valence-electron chi connectivity index (χ4n) is 2.69. The largest absolute Gasteiger partial charge is 0.504 e. The first-order valence-corrected chi connectivity index (χ1v) is 8.05. The summed E-state index contributed by atoms with van der Waals surface area (Å²) < 4.78 is 0. The molecule has 1 amide bonds. The topological polar surface area (TPSA) is 69.6 Å². The minimum atomic E-state index is -0.273. The van der Waals surface area contributed by atoms with Crippen molar-refractivity contribution in [3.05, 3.63) is 23.8 Å². The van der Waals surface area contributed by atoms with E-state index in [1.54, 1.807) is 0 Å². The predicted octanol–water partition coefficient (Wildman–Crippen LogP) is 3.17. The van der Waals surface area contributed by atoms with Crippen molar-refractivity contribution in [2.75, 3.05) is 11.9 Å². The Bertz CT molecular complexity index is 484. The number of alkyl halides is 1. The molecule has 20 heavy (non-hydrogen) atoms. The molecular weight excluding hydrogens is 322 g/mol. The average Bonchev–Trinajstić information content (AvgIpc) is 2.48. The average molecular weight is 342 g/mol. The molecule has 1 saturated carbocycles. The number of hydrogen-bond acceptors (Lipinski definition) is 3. The lowest BCUT2D eigenvalue weighted by molar-refractivity contribution is 0.0921. The van der Waals surface area contributed by atoms with Crippen LogP contribution in [0.15, 0.2) is 18.2 Å². The monoisotopic (exact) mass is 341 g/mol. The van der Waals surface area contributed by atoms with Gasteiger partial charge >= 0.3 is 0 Å². The second-order valence-corrected chi connectivity index (χ2v) is 6.14. The second kappa shape index (κ2) is 6.48. The Morgan fingerprint density at radius 3 is 2.50 bits per heavy atom. The van der Waals surface area contributed by atoms with Crippen LogP contribution in [0.4, 0.5) is 0 Å². The normalized spacial score (nSPS) is 17.6. The summed E-state index contributed by atoms with van der Waals surface area (Å²) in [7, 11) is 0. The van der Waals surface area contributed by atoms with Crippen molar-refractivity contribution >= 4 is 21.8 Å². The van der Waals surface area contributed by atoms with E-state index in [1.807, 2.05) is 0 Å². The molecular formula is C15H20BrNO3. The molecule has 1 aromatic rings. The maximum Gasteiger partial charge on any atom is 0.251 e. The van der Waals surface area contributed by atoms with E-state index in [-0.39, 0.29) is 22.8 Å². The van der Waals surface area contributed by atoms with Crippen LogP contribution in [0, 0.1) is 5.41 Å². The van der Waals surface area contributed by atoms with Crippen molar-refractivity contribution in [3.63, 3.8) is 0 Å². The number of aromatic hydroxyl groups is 2. The maximum atomic E-state index is 12.1. The van der Waals surface area contributed by atoms with Gasteiger partial charge in [-0.25, -0.2) is 0 Å². The van der Waals surface area contributed by atoms with Crippen LogP contribution in [0.25, 0.3) is 0 Å². The van der Waals surface area contributed by atoms with Gasteiger partial charge in [0.15, 0.2) is 11.5 Å². The lowest BCUT2D eigenvalue weighted by Crippen LogP contribution is -2.40. The third kappa shape index (κ3) is 3.45. The summed E-state index contributed by atoms with van der Waals surface area (Å²) in [5, 5.41) is 22.5. The summed E-state index contributed by atoms with van der Waals surface area (Å²) in [6.07, 6.45) is 5.94. The van der Waals surface area contributed by atoms with Crippen molar-refractivity contribution in [1.29, 1.82) is 0 Å². The van der Waals surface area contributed by atoms with Crippen LogP contribution in [-0.4, -0.2) is 28.0 Å². The number of rotatable bonds is 4. The van der Waals surface area contributed by atoms with Gasteiger partial charge in [-0.05, 0) is 36.5 Å². The fraction of sp³-hybridized carbons (Fsp3) is 0.533. The van der Waals surface area contributed by atoms with Gasteiger partial charge in [0.2, 0.25) is 0 Å². The Balaban J connectivity index is 1.98. The molecule has 0 unspecified atom stereocenters. The highest BCUT2D eigenvalue weighted by Crippen LogP contribution is 2.37. The summed E-state index contributed by atoms with van der Waals surface area (Å²) in [4.78, 5) is 12.1. The van der Waals surface area contributed by atoms with Crippen molar-refractivity contribution in [1.82, 2.24) is 5.32 Å². The van der Waals surface area contributed by atoms with Gasteiger partial charge in [-0.2, -0.15) is 0 Å². The molecule has 1 aromatic carbocycles. The molecule has 0 bridgehead atoms. The third-order valence-electron chi connectivity index (χ3n) is 4.06. The fourth-order valence-corrected chi connectivity index (χ4v) is 3.45. The van der Waals surface area contributed by atoms with Gasteiger partial charge in [-0.3, -0.25) is 4.79 Å². The first-order chi connectivity index (χ1) is 9.56. The third-order valence-corrected chi connectivity index (χ3v) is 5.25. The van der Waals surface area contributed by atoms with Crippen LogP contribution in [0.3, 0.4) is 0 Å². The van der Waals surface area contributed by atoms with E-state index in [4.69, 9.17) is 0 Å². The number of phenolic OH excluding ortho intramolecular Hbond substituents is 2. The number of amides is 1. The minimum Gasteiger partial charge on any atom is -0.504 e. The zero-order valence-corrected chi connectivity index (χ0v) is 12.9. The number of carbonyl (C=O) groups is 1. The molecule has 4 nitrogen and oxygen atoms in total. The Labute approximate surface area is 127 Å². The molecule has 0 atom stereocenters. The molecule has 0 spiro atoms. The zero-order valence-electron chi connectivity index (χ0n) is 11.4. The van der Waals surface area contributed by atoms with Gasteiger partial charge in [-0.1, -0.05) is 35.2 Å². The van der Waals surface area contributed by atoms with Crippen LogP contribution in [0.2, 0.25) is 0 Å². The quantitative estimate of drug-likeness (QED) is 0.581. The van der Waals surface area contributed by atoms with E-state index >= 15 is 0 Å². The molecule has 1 aliphatic rings. The second-order valence-electron chi connectivity index (χ2n) is 5.58. The van der Waals surface area contributed by atoms with Crippen LogP contribution >= 0.6 is 15.9 Å². The first kappa shape index (κ1) is 15.2. The maximum absolute atomic E-state index is 12.1. The highest BCUT2D eigenvalue weighted by molar-refractivity contribution is 9.09. The lowest BCUT2D eigenvalue weighted by Gasteiger charge is -2.35. The van der Waals surface area contributed by atoms with E-state index in [9.17, 15) is 15.0 Å². The molecule has 0 radical (unpaired) electrons. The number of carbonyl (C=O) groups excluding carboxylic acids is 1. The van der Waals surface area contributed by atoms with E-state index < -0.39 is 0 Å². The van der Waals surface area contributed by atoms with Crippen LogP contribution in [0.5, 0.6) is 11.5 Å². The van der Waals surface area contributed by atoms with Crippen LogP contribution in [-0.2, 0) is 0 Å². The highest BCUT2D eigenvalue weighted by atomic mass is 79.9. The molecule has 0 saturated heterocycles. The van der Waals surface area contributed by atoms with E-state index in [2.05, 4.69) is 21.2 Å². The Kier molecular flexibility index (Phi) is 4.91. The summed E-state index contributed by atoms with van der Waals surface area (Å²) in [6, 6.07) is 4.11. The molecule has 1 fully saturated rings. The molecule has 0 heterocycles. The van der Waals surface area contributed by atoms with Crippen molar-refractivity contribution in [3.8, 4) is 11.5 Å². The van der Waals surface area contributed by atoms with Gasteiger partial charge in [0.05, 0.1) is 0 Å². The SMILES string of the molecule is O=C(NCC1(CBr)CCCCC1)c1ccc(O)c(O)c1. The number of nitrogens with one attached hydrogen (secondary N) is 1. The van der Waals surface area contributed by atoms with E-state index in [0.717, 1.165) is 18.2 Å². The van der Waals surface area contributed by atoms with Gasteiger partial charge in [0.1, 0.15) is 0 Å². The standard InChI is InChI=1S/C15H20BrNO3/c16-9-15(6-2-1-3-7-15)10-17-14(20)11-4-5-12(18)13(19)8-11/h4-5,8,18-19H,1-3,6-7,9-10H2,(H,17,20). The molecule has 3 N–H and O–H groups in total. The smallest absolute Gasteiger partial charge is 0.251 e. The minimum absolute atomic E-state index is 0.146. The van der Waals surface area contributed by atoms with Gasteiger partial charge in [0, 0.05) is 17.4 Å². The first-order valence-electron chi connectivity index (χ1n) is 6.92. The molecule has 0 aliphatic heterocycles. The number of phenols is 2. The molecule has 110 valence electrons. The van der Waals surface area contributed by atoms with E-state index in [0.29, 0.717) is 12.1 Å². The summed E-state index contributed by atoms with van der Waals surface area (Å²) >= 11 is 3.57. The highest BCUT2D eigenvalue weighted by Gasteiger charge is 2.31. The molecule has 1 aliphatic carbocycles. The number of hydrogen-bond donors (Lipinski definition) is 3. The predicted molar refractivity (Wildman–Crippen MR) is 81.4 cm³/mol. The van der Waals surface area contributed by atoms with Crippen molar-refractivity contribution < 1.29 is 15.0 Å². The van der Waals surface area contributed by atoms with Gasteiger partial charge in [0.25, 0.3) is 5.91 Å². The molecule has 5 heteroatoms. The zero-order chi connectivity index (χ0) is 14.6. The van der Waals surface area contributed by atoms with Crippen LogP contribution < -0.4 is 5.32 Å². The molecule has 0 aromatic heterocycles.